The second-order valence-electron chi connectivity index (χ2n) is 4.82. The van der Waals surface area contributed by atoms with Crippen LogP contribution >= 0.6 is 45.9 Å². The number of carbonyl (C=O) groups excluding carboxylic acids is 1. The number of nitrogens with zero attached hydrogens (tertiary/aromatic N) is 1. The molecule has 4 rings (SSSR count). The van der Waals surface area contributed by atoms with Gasteiger partial charge in [-0.25, -0.2) is 4.98 Å². The van der Waals surface area contributed by atoms with Crippen molar-refractivity contribution >= 4 is 77.8 Å². The van der Waals surface area contributed by atoms with Gasteiger partial charge in [0, 0.05) is 10.1 Å². The number of thiazole rings is 1. The smallest absolute Gasteiger partial charge is 0.267 e. The van der Waals surface area contributed by atoms with Crippen molar-refractivity contribution in [3.8, 4) is 0 Å². The molecule has 0 aliphatic carbocycles. The second-order valence-corrected chi connectivity index (χ2v) is 7.51. The van der Waals surface area contributed by atoms with Crippen molar-refractivity contribution in [1.82, 2.24) is 4.98 Å². The molecule has 0 saturated heterocycles. The number of fused-ring (bicyclic) bond motifs is 2. The summed E-state index contributed by atoms with van der Waals surface area (Å²) < 4.78 is 1.84. The molecule has 0 aliphatic heterocycles. The number of amides is 1. The summed E-state index contributed by atoms with van der Waals surface area (Å²) in [6, 6.07) is 11.2. The van der Waals surface area contributed by atoms with Crippen molar-refractivity contribution in [2.45, 2.75) is 0 Å². The van der Waals surface area contributed by atoms with Gasteiger partial charge in [-0.3, -0.25) is 4.79 Å². The van der Waals surface area contributed by atoms with Crippen molar-refractivity contribution in [1.29, 1.82) is 0 Å². The van der Waals surface area contributed by atoms with Crippen LogP contribution in [0.4, 0.5) is 5.69 Å². The summed E-state index contributed by atoms with van der Waals surface area (Å²) >= 11 is 15.3. The highest BCUT2D eigenvalue weighted by Crippen LogP contribution is 2.37. The number of carbonyl (C=O) groups is 1. The first kappa shape index (κ1) is 14.9. The highest BCUT2D eigenvalue weighted by atomic mass is 35.5. The predicted molar refractivity (Wildman–Crippen MR) is 99.4 cm³/mol. The van der Waals surface area contributed by atoms with Gasteiger partial charge in [0.05, 0.1) is 25.9 Å². The van der Waals surface area contributed by atoms with Gasteiger partial charge in [0.15, 0.2) is 0 Å². The Hall–Kier alpha value is -1.66. The summed E-state index contributed by atoms with van der Waals surface area (Å²) in [6.45, 7) is 0. The number of thiophene rings is 1. The van der Waals surface area contributed by atoms with Gasteiger partial charge < -0.3 is 5.32 Å². The molecule has 0 unspecified atom stereocenters. The van der Waals surface area contributed by atoms with Crippen LogP contribution in [0.2, 0.25) is 10.0 Å². The lowest BCUT2D eigenvalue weighted by Crippen LogP contribution is -2.10. The lowest BCUT2D eigenvalue weighted by atomic mass is 10.2. The molecule has 0 saturated carbocycles. The molecule has 0 fully saturated rings. The Morgan fingerprint density at radius 1 is 1.13 bits per heavy atom. The first-order valence-corrected chi connectivity index (χ1v) is 9.10. The molecule has 2 heterocycles. The van der Waals surface area contributed by atoms with E-state index in [1.54, 1.807) is 17.6 Å². The Labute approximate surface area is 149 Å². The minimum absolute atomic E-state index is 0.228. The number of rotatable bonds is 2. The summed E-state index contributed by atoms with van der Waals surface area (Å²) in [5.74, 6) is -0.228. The van der Waals surface area contributed by atoms with Gasteiger partial charge in [0.25, 0.3) is 5.91 Å². The molecule has 4 aromatic rings. The second kappa shape index (κ2) is 5.76. The molecule has 2 aromatic heterocycles. The molecular formula is C16H8Cl2N2OS2. The first-order valence-electron chi connectivity index (χ1n) is 6.65. The molecule has 0 atom stereocenters. The van der Waals surface area contributed by atoms with Crippen molar-refractivity contribution in [2.24, 2.45) is 0 Å². The van der Waals surface area contributed by atoms with Crippen molar-refractivity contribution in [3.63, 3.8) is 0 Å². The largest absolute Gasteiger partial charge is 0.320 e. The van der Waals surface area contributed by atoms with Gasteiger partial charge in [0.2, 0.25) is 0 Å². The van der Waals surface area contributed by atoms with Gasteiger partial charge in [-0.15, -0.1) is 22.7 Å². The maximum Gasteiger partial charge on any atom is 0.267 e. The third kappa shape index (κ3) is 2.50. The van der Waals surface area contributed by atoms with E-state index in [-0.39, 0.29) is 5.91 Å². The van der Waals surface area contributed by atoms with Crippen LogP contribution in [0.5, 0.6) is 0 Å². The van der Waals surface area contributed by atoms with Crippen molar-refractivity contribution < 1.29 is 4.79 Å². The Bertz CT molecular complexity index is 1050. The average molecular weight is 379 g/mol. The van der Waals surface area contributed by atoms with Crippen LogP contribution in [0.15, 0.2) is 41.9 Å². The molecule has 3 nitrogen and oxygen atoms in total. The topological polar surface area (TPSA) is 42.0 Å². The normalized spacial score (nSPS) is 11.2. The quantitative estimate of drug-likeness (QED) is 0.459. The fourth-order valence-electron chi connectivity index (χ4n) is 2.36. The van der Waals surface area contributed by atoms with E-state index in [2.05, 4.69) is 10.3 Å². The maximum atomic E-state index is 12.6. The molecule has 23 heavy (non-hydrogen) atoms. The van der Waals surface area contributed by atoms with Crippen LogP contribution in [-0.2, 0) is 0 Å². The standard InChI is InChI=1S/C16H8Cl2N2OS2/c17-9-5-6-10(14-13(9)19-7-22-14)20-16(21)15-12(18)8-3-1-2-4-11(8)23-15/h1-7H,(H,20,21). The molecular weight excluding hydrogens is 371 g/mol. The number of hydrogen-bond donors (Lipinski definition) is 1. The Morgan fingerprint density at radius 3 is 2.78 bits per heavy atom. The highest BCUT2D eigenvalue weighted by Gasteiger charge is 2.18. The molecule has 1 amide bonds. The number of nitrogens with one attached hydrogen (secondary N) is 1. The summed E-state index contributed by atoms with van der Waals surface area (Å²) in [6.07, 6.45) is 0. The van der Waals surface area contributed by atoms with Crippen LogP contribution in [0.25, 0.3) is 20.3 Å². The van der Waals surface area contributed by atoms with Gasteiger partial charge in [-0.1, -0.05) is 41.4 Å². The van der Waals surface area contributed by atoms with E-state index in [9.17, 15) is 4.79 Å². The minimum atomic E-state index is -0.228. The molecule has 2 aromatic carbocycles. The number of anilines is 1. The highest BCUT2D eigenvalue weighted by molar-refractivity contribution is 7.21. The van der Waals surface area contributed by atoms with E-state index >= 15 is 0 Å². The zero-order chi connectivity index (χ0) is 16.0. The molecule has 0 radical (unpaired) electrons. The fourth-order valence-corrected chi connectivity index (χ4v) is 4.81. The molecule has 7 heteroatoms. The van der Waals surface area contributed by atoms with Crippen LogP contribution in [-0.4, -0.2) is 10.9 Å². The Balaban J connectivity index is 1.75. The summed E-state index contributed by atoms with van der Waals surface area (Å²) in [7, 11) is 0. The summed E-state index contributed by atoms with van der Waals surface area (Å²) in [5.41, 5.74) is 3.08. The average Bonchev–Trinajstić information content (AvgIpc) is 3.16. The van der Waals surface area contributed by atoms with E-state index in [0.29, 0.717) is 26.1 Å². The predicted octanol–water partition coefficient (Wildman–Crippen LogP) is 6.07. The van der Waals surface area contributed by atoms with Crippen LogP contribution in [0.1, 0.15) is 9.67 Å². The number of benzene rings is 2. The molecule has 0 spiro atoms. The maximum absolute atomic E-state index is 12.6. The van der Waals surface area contributed by atoms with Crippen molar-refractivity contribution in [2.75, 3.05) is 5.32 Å². The van der Waals surface area contributed by atoms with E-state index in [1.165, 1.54) is 22.7 Å². The number of halogens is 2. The lowest BCUT2D eigenvalue weighted by Gasteiger charge is -2.05. The van der Waals surface area contributed by atoms with Crippen LogP contribution in [0, 0.1) is 0 Å². The monoisotopic (exact) mass is 378 g/mol. The minimum Gasteiger partial charge on any atom is -0.320 e. The molecule has 0 aliphatic rings. The van der Waals surface area contributed by atoms with Gasteiger partial charge in [0.1, 0.15) is 10.4 Å². The summed E-state index contributed by atoms with van der Waals surface area (Å²) in [4.78, 5) is 17.3. The van der Waals surface area contributed by atoms with Gasteiger partial charge >= 0.3 is 0 Å². The van der Waals surface area contributed by atoms with Crippen LogP contribution in [0.3, 0.4) is 0 Å². The number of hydrogen-bond acceptors (Lipinski definition) is 4. The van der Waals surface area contributed by atoms with E-state index in [1.807, 2.05) is 24.3 Å². The first-order chi connectivity index (χ1) is 11.1. The molecule has 0 bridgehead atoms. The van der Waals surface area contributed by atoms with E-state index in [4.69, 9.17) is 23.2 Å². The molecule has 1 N–H and O–H groups in total. The van der Waals surface area contributed by atoms with Gasteiger partial charge in [-0.2, -0.15) is 0 Å². The SMILES string of the molecule is O=C(Nc1ccc(Cl)c2ncsc12)c1sc2ccccc2c1Cl. The van der Waals surface area contributed by atoms with E-state index < -0.39 is 0 Å². The van der Waals surface area contributed by atoms with Crippen LogP contribution < -0.4 is 5.32 Å². The van der Waals surface area contributed by atoms with Gasteiger partial charge in [-0.05, 0) is 18.2 Å². The van der Waals surface area contributed by atoms with Crippen molar-refractivity contribution in [3.05, 3.63) is 56.8 Å². The zero-order valence-corrected chi connectivity index (χ0v) is 14.6. The fraction of sp³-hybridized carbons (Fsp3) is 0. The zero-order valence-electron chi connectivity index (χ0n) is 11.5. The Kier molecular flexibility index (Phi) is 3.73. The Morgan fingerprint density at radius 2 is 1.96 bits per heavy atom. The summed E-state index contributed by atoms with van der Waals surface area (Å²) in [5, 5.41) is 4.86. The molecule has 114 valence electrons. The van der Waals surface area contributed by atoms with E-state index in [0.717, 1.165) is 14.8 Å². The third-order valence-electron chi connectivity index (χ3n) is 3.42. The lowest BCUT2D eigenvalue weighted by molar-refractivity contribution is 0.103. The number of aromatic nitrogens is 1. The third-order valence-corrected chi connectivity index (χ3v) is 6.26.